The van der Waals surface area contributed by atoms with Gasteiger partial charge in [0.15, 0.2) is 0 Å². The van der Waals surface area contributed by atoms with Crippen LogP contribution < -0.4 is 4.74 Å². The molecule has 1 aromatic rings. The van der Waals surface area contributed by atoms with Gasteiger partial charge >= 0.3 is 0 Å². The normalized spacial score (nSPS) is 10.3. The molecule has 0 N–H and O–H groups in total. The Kier molecular flexibility index (Phi) is 8.89. The van der Waals surface area contributed by atoms with E-state index in [-0.39, 0.29) is 5.82 Å². The number of halogens is 2. The Morgan fingerprint density at radius 2 is 2.00 bits per heavy atom. The number of rotatable bonds is 8. The fraction of sp³-hybridized carbons (Fsp3) is 0.529. The van der Waals surface area contributed by atoms with Gasteiger partial charge in [-0.3, -0.25) is 0 Å². The molecule has 0 atom stereocenters. The molecular formula is C17H22ClFO2. The van der Waals surface area contributed by atoms with Gasteiger partial charge in [-0.1, -0.05) is 25.7 Å². The molecule has 0 fully saturated rings. The van der Waals surface area contributed by atoms with E-state index >= 15 is 0 Å². The highest BCUT2D eigenvalue weighted by molar-refractivity contribution is 6.18. The Morgan fingerprint density at radius 3 is 2.71 bits per heavy atom. The van der Waals surface area contributed by atoms with E-state index in [1.807, 2.05) is 0 Å². The molecule has 4 heteroatoms. The highest BCUT2D eigenvalue weighted by atomic mass is 35.5. The van der Waals surface area contributed by atoms with E-state index in [1.165, 1.54) is 12.1 Å². The maximum atomic E-state index is 13.5. The van der Waals surface area contributed by atoms with E-state index in [2.05, 4.69) is 25.7 Å². The van der Waals surface area contributed by atoms with E-state index in [9.17, 15) is 4.39 Å². The van der Waals surface area contributed by atoms with Crippen molar-refractivity contribution in [1.29, 1.82) is 0 Å². The Hall–Kier alpha value is -1.24. The van der Waals surface area contributed by atoms with Crippen LogP contribution in [0.5, 0.6) is 5.75 Å². The Balaban J connectivity index is 2.39. The van der Waals surface area contributed by atoms with Crippen LogP contribution in [0.2, 0.25) is 0 Å². The molecule has 0 aromatic heterocycles. The third kappa shape index (κ3) is 8.60. The fourth-order valence-electron chi connectivity index (χ4n) is 1.57. The second-order valence-corrected chi connectivity index (χ2v) is 5.44. The largest absolute Gasteiger partial charge is 0.491 e. The molecular weight excluding hydrogens is 291 g/mol. The average molecular weight is 313 g/mol. The molecule has 0 amide bonds. The second-order valence-electron chi connectivity index (χ2n) is 5.06. The monoisotopic (exact) mass is 312 g/mol. The lowest BCUT2D eigenvalue weighted by atomic mass is 10.1. The van der Waals surface area contributed by atoms with Crippen LogP contribution >= 0.6 is 11.6 Å². The van der Waals surface area contributed by atoms with Gasteiger partial charge in [0, 0.05) is 30.5 Å². The molecule has 116 valence electrons. The molecule has 0 radical (unpaired) electrons. The Morgan fingerprint density at radius 1 is 1.19 bits per heavy atom. The maximum absolute atomic E-state index is 13.5. The summed E-state index contributed by atoms with van der Waals surface area (Å²) in [7, 11) is 0. The molecule has 0 heterocycles. The smallest absolute Gasteiger partial charge is 0.128 e. The van der Waals surface area contributed by atoms with Crippen molar-refractivity contribution in [2.45, 2.75) is 26.7 Å². The molecule has 1 aromatic carbocycles. The number of benzene rings is 1. The molecule has 1 rings (SSSR count). The molecule has 0 aliphatic rings. The standard InChI is InChI=1S/C17H22ClFO2/c1-14(2)6-8-20-9-10-21-17-12-15(5-3-4-7-18)11-16(19)13-17/h11-14H,4,6-10H2,1-2H3. The fourth-order valence-corrected chi connectivity index (χ4v) is 1.66. The Labute approximate surface area is 131 Å². The summed E-state index contributed by atoms with van der Waals surface area (Å²) >= 11 is 5.54. The maximum Gasteiger partial charge on any atom is 0.128 e. The molecule has 2 nitrogen and oxygen atoms in total. The van der Waals surface area contributed by atoms with Crippen molar-refractivity contribution in [1.82, 2.24) is 0 Å². The van der Waals surface area contributed by atoms with Crippen molar-refractivity contribution < 1.29 is 13.9 Å². The molecule has 0 unspecified atom stereocenters. The summed E-state index contributed by atoms with van der Waals surface area (Å²) in [6.45, 7) is 5.92. The van der Waals surface area contributed by atoms with E-state index in [0.717, 1.165) is 13.0 Å². The lowest BCUT2D eigenvalue weighted by Crippen LogP contribution is -2.08. The topological polar surface area (TPSA) is 18.5 Å². The third-order valence-electron chi connectivity index (χ3n) is 2.66. The van der Waals surface area contributed by atoms with Gasteiger partial charge in [-0.25, -0.2) is 4.39 Å². The van der Waals surface area contributed by atoms with Crippen LogP contribution in [0.4, 0.5) is 4.39 Å². The van der Waals surface area contributed by atoms with Crippen molar-refractivity contribution in [2.24, 2.45) is 5.92 Å². The van der Waals surface area contributed by atoms with Gasteiger partial charge in [-0.2, -0.15) is 0 Å². The van der Waals surface area contributed by atoms with Crippen LogP contribution in [0.15, 0.2) is 18.2 Å². The van der Waals surface area contributed by atoms with Crippen LogP contribution in [0.1, 0.15) is 32.3 Å². The zero-order valence-electron chi connectivity index (χ0n) is 12.6. The van der Waals surface area contributed by atoms with Crippen molar-refractivity contribution in [3.05, 3.63) is 29.6 Å². The Bertz CT molecular complexity index is 477. The zero-order chi connectivity index (χ0) is 15.5. The van der Waals surface area contributed by atoms with Gasteiger partial charge in [0.2, 0.25) is 0 Å². The highest BCUT2D eigenvalue weighted by Gasteiger charge is 2.01. The minimum absolute atomic E-state index is 0.358. The van der Waals surface area contributed by atoms with Gasteiger partial charge in [0.05, 0.1) is 6.61 Å². The van der Waals surface area contributed by atoms with Crippen molar-refractivity contribution in [2.75, 3.05) is 25.7 Å². The van der Waals surface area contributed by atoms with Crippen LogP contribution in [0, 0.1) is 23.6 Å². The van der Waals surface area contributed by atoms with Crippen LogP contribution in [-0.4, -0.2) is 25.7 Å². The van der Waals surface area contributed by atoms with Crippen molar-refractivity contribution in [3.8, 4) is 17.6 Å². The van der Waals surface area contributed by atoms with E-state index in [0.29, 0.717) is 42.7 Å². The molecule has 0 spiro atoms. The summed E-state index contributed by atoms with van der Waals surface area (Å²) in [6, 6.07) is 4.45. The molecule has 0 saturated heterocycles. The van der Waals surface area contributed by atoms with Gasteiger partial charge in [0.25, 0.3) is 0 Å². The molecule has 0 bridgehead atoms. The molecule has 0 aliphatic carbocycles. The summed E-state index contributed by atoms with van der Waals surface area (Å²) in [5.41, 5.74) is 0.593. The lowest BCUT2D eigenvalue weighted by Gasteiger charge is -2.09. The predicted molar refractivity (Wildman–Crippen MR) is 84.4 cm³/mol. The summed E-state index contributed by atoms with van der Waals surface area (Å²) in [4.78, 5) is 0. The first-order chi connectivity index (χ1) is 10.1. The van der Waals surface area contributed by atoms with Gasteiger partial charge in [-0.05, 0) is 24.5 Å². The van der Waals surface area contributed by atoms with Crippen molar-refractivity contribution >= 4 is 11.6 Å². The number of hydrogen-bond acceptors (Lipinski definition) is 2. The number of alkyl halides is 1. The minimum atomic E-state index is -0.358. The van der Waals surface area contributed by atoms with E-state index in [4.69, 9.17) is 21.1 Å². The number of ether oxygens (including phenoxy) is 2. The molecule has 21 heavy (non-hydrogen) atoms. The summed E-state index contributed by atoms with van der Waals surface area (Å²) in [5, 5.41) is 0. The average Bonchev–Trinajstić information content (AvgIpc) is 2.42. The third-order valence-corrected chi connectivity index (χ3v) is 2.85. The summed E-state index contributed by atoms with van der Waals surface area (Å²) < 4.78 is 24.4. The summed E-state index contributed by atoms with van der Waals surface area (Å²) in [6.07, 6.45) is 1.61. The predicted octanol–water partition coefficient (Wildman–Crippen LogP) is 4.25. The van der Waals surface area contributed by atoms with E-state index < -0.39 is 0 Å². The SMILES string of the molecule is CC(C)CCOCCOc1cc(F)cc(C#CCCCl)c1. The quantitative estimate of drug-likeness (QED) is 0.406. The summed E-state index contributed by atoms with van der Waals surface area (Å²) in [5.74, 6) is 6.95. The minimum Gasteiger partial charge on any atom is -0.491 e. The van der Waals surface area contributed by atoms with E-state index in [1.54, 1.807) is 6.07 Å². The van der Waals surface area contributed by atoms with Gasteiger partial charge < -0.3 is 9.47 Å². The lowest BCUT2D eigenvalue weighted by molar-refractivity contribution is 0.0925. The van der Waals surface area contributed by atoms with Crippen LogP contribution in [0.25, 0.3) is 0 Å². The highest BCUT2D eigenvalue weighted by Crippen LogP contribution is 2.16. The first-order valence-corrected chi connectivity index (χ1v) is 7.71. The van der Waals surface area contributed by atoms with Gasteiger partial charge in [-0.15, -0.1) is 11.6 Å². The molecule has 0 aliphatic heterocycles. The molecule has 0 saturated carbocycles. The second kappa shape index (κ2) is 10.5. The first-order valence-electron chi connectivity index (χ1n) is 7.17. The van der Waals surface area contributed by atoms with Crippen LogP contribution in [-0.2, 0) is 4.74 Å². The van der Waals surface area contributed by atoms with Crippen LogP contribution in [0.3, 0.4) is 0 Å². The first kappa shape index (κ1) is 17.8. The van der Waals surface area contributed by atoms with Crippen molar-refractivity contribution in [3.63, 3.8) is 0 Å². The van der Waals surface area contributed by atoms with Gasteiger partial charge in [0.1, 0.15) is 18.2 Å². The number of hydrogen-bond donors (Lipinski definition) is 0. The zero-order valence-corrected chi connectivity index (χ0v) is 13.4.